The molecule has 1 amide bonds. The van der Waals surface area contributed by atoms with Crippen molar-refractivity contribution in [3.05, 3.63) is 35.4 Å². The molecule has 0 spiro atoms. The lowest BCUT2D eigenvalue weighted by Gasteiger charge is -2.16. The Morgan fingerprint density at radius 2 is 2.26 bits per heavy atom. The molecule has 1 heterocycles. The molecule has 1 fully saturated rings. The first kappa shape index (κ1) is 13.9. The number of nitrogens with one attached hydrogen (secondary N) is 2. The molecule has 19 heavy (non-hydrogen) atoms. The first-order valence-corrected chi connectivity index (χ1v) is 6.54. The van der Waals surface area contributed by atoms with Crippen LogP contribution >= 0.6 is 0 Å². The third-order valence-corrected chi connectivity index (χ3v) is 3.47. The largest absolute Gasteiger partial charge is 0.354 e. The number of hydrogen-bond donors (Lipinski definition) is 2. The van der Waals surface area contributed by atoms with Crippen molar-refractivity contribution in [3.8, 4) is 0 Å². The fourth-order valence-corrected chi connectivity index (χ4v) is 2.22. The van der Waals surface area contributed by atoms with Gasteiger partial charge in [0.1, 0.15) is 0 Å². The lowest BCUT2D eigenvalue weighted by molar-refractivity contribution is -0.122. The molecular formula is C14H18F2N2O. The maximum absolute atomic E-state index is 13.1. The quantitative estimate of drug-likeness (QED) is 0.876. The molecule has 2 rings (SSSR count). The lowest BCUT2D eigenvalue weighted by Crippen LogP contribution is -2.41. The van der Waals surface area contributed by atoms with E-state index < -0.39 is 11.6 Å². The highest BCUT2D eigenvalue weighted by Gasteiger charge is 2.22. The van der Waals surface area contributed by atoms with E-state index in [-0.39, 0.29) is 17.9 Å². The Labute approximate surface area is 111 Å². The van der Waals surface area contributed by atoms with Gasteiger partial charge in [-0.15, -0.1) is 0 Å². The van der Waals surface area contributed by atoms with Crippen LogP contribution in [0.5, 0.6) is 0 Å². The van der Waals surface area contributed by atoms with E-state index in [0.717, 1.165) is 25.5 Å². The Bertz CT molecular complexity index is 459. The van der Waals surface area contributed by atoms with E-state index in [1.54, 1.807) is 6.07 Å². The van der Waals surface area contributed by atoms with Crippen molar-refractivity contribution in [1.29, 1.82) is 0 Å². The zero-order chi connectivity index (χ0) is 13.8. The predicted octanol–water partition coefficient (Wildman–Crippen LogP) is 1.94. The number of carbonyl (C=O) groups excluding carboxylic acids is 1. The molecule has 0 bridgehead atoms. The number of carbonyl (C=O) groups is 1. The summed E-state index contributed by atoms with van der Waals surface area (Å²) in [5, 5.41) is 5.95. The standard InChI is InChI=1S/C14H18F2N2O/c1-9(10-4-5-11(15)12(16)7-10)8-18-14(19)13-3-2-6-17-13/h4-5,7,9,13,17H,2-3,6,8H2,1H3,(H,18,19)/t9-,13+/m0/s1. The molecule has 0 aromatic heterocycles. The molecule has 1 aliphatic heterocycles. The summed E-state index contributed by atoms with van der Waals surface area (Å²) in [6.45, 7) is 3.16. The fourth-order valence-electron chi connectivity index (χ4n) is 2.22. The Hall–Kier alpha value is -1.49. The van der Waals surface area contributed by atoms with E-state index in [1.807, 2.05) is 6.92 Å². The summed E-state index contributed by atoms with van der Waals surface area (Å²) in [4.78, 5) is 11.8. The zero-order valence-electron chi connectivity index (χ0n) is 10.9. The molecule has 0 radical (unpaired) electrons. The van der Waals surface area contributed by atoms with Crippen LogP contribution in [0.2, 0.25) is 0 Å². The summed E-state index contributed by atoms with van der Waals surface area (Å²) in [7, 11) is 0. The summed E-state index contributed by atoms with van der Waals surface area (Å²) in [6, 6.07) is 3.72. The Morgan fingerprint density at radius 3 is 2.89 bits per heavy atom. The van der Waals surface area contributed by atoms with Crippen molar-refractivity contribution in [2.24, 2.45) is 0 Å². The first-order chi connectivity index (χ1) is 9.08. The van der Waals surface area contributed by atoms with Gasteiger partial charge in [0.05, 0.1) is 6.04 Å². The van der Waals surface area contributed by atoms with Gasteiger partial charge in [-0.1, -0.05) is 13.0 Å². The third kappa shape index (κ3) is 3.50. The first-order valence-electron chi connectivity index (χ1n) is 6.54. The summed E-state index contributed by atoms with van der Waals surface area (Å²) in [6.07, 6.45) is 1.86. The van der Waals surface area contributed by atoms with Crippen molar-refractivity contribution in [2.45, 2.75) is 31.7 Å². The minimum Gasteiger partial charge on any atom is -0.354 e. The van der Waals surface area contributed by atoms with Gasteiger partial charge >= 0.3 is 0 Å². The van der Waals surface area contributed by atoms with Gasteiger partial charge in [-0.05, 0) is 43.0 Å². The summed E-state index contributed by atoms with van der Waals surface area (Å²) in [5.74, 6) is -1.78. The van der Waals surface area contributed by atoms with Crippen LogP contribution in [0, 0.1) is 11.6 Å². The highest BCUT2D eigenvalue weighted by Crippen LogP contribution is 2.17. The molecule has 5 heteroatoms. The Kier molecular flexibility index (Phi) is 4.47. The number of halogens is 2. The highest BCUT2D eigenvalue weighted by molar-refractivity contribution is 5.82. The van der Waals surface area contributed by atoms with Crippen molar-refractivity contribution < 1.29 is 13.6 Å². The zero-order valence-corrected chi connectivity index (χ0v) is 10.9. The lowest BCUT2D eigenvalue weighted by atomic mass is 10.0. The molecule has 2 N–H and O–H groups in total. The van der Waals surface area contributed by atoms with Gasteiger partial charge in [-0.2, -0.15) is 0 Å². The van der Waals surface area contributed by atoms with Gasteiger partial charge in [0.2, 0.25) is 5.91 Å². The normalized spacial score (nSPS) is 20.3. The molecule has 104 valence electrons. The van der Waals surface area contributed by atoms with Crippen LogP contribution < -0.4 is 10.6 Å². The Balaban J connectivity index is 1.88. The summed E-state index contributed by atoms with van der Waals surface area (Å²) in [5.41, 5.74) is 0.679. The minimum atomic E-state index is -0.854. The number of hydrogen-bond acceptors (Lipinski definition) is 2. The van der Waals surface area contributed by atoms with E-state index in [1.165, 1.54) is 6.07 Å². The molecular weight excluding hydrogens is 250 g/mol. The van der Waals surface area contributed by atoms with E-state index >= 15 is 0 Å². The topological polar surface area (TPSA) is 41.1 Å². The Morgan fingerprint density at radius 1 is 1.47 bits per heavy atom. The molecule has 1 aromatic rings. The van der Waals surface area contributed by atoms with Crippen LogP contribution in [-0.4, -0.2) is 25.0 Å². The van der Waals surface area contributed by atoms with E-state index in [4.69, 9.17) is 0 Å². The van der Waals surface area contributed by atoms with Gasteiger partial charge in [0.25, 0.3) is 0 Å². The second-order valence-corrected chi connectivity index (χ2v) is 4.97. The van der Waals surface area contributed by atoms with Crippen LogP contribution in [0.3, 0.4) is 0 Å². The van der Waals surface area contributed by atoms with E-state index in [0.29, 0.717) is 12.1 Å². The maximum Gasteiger partial charge on any atom is 0.237 e. The molecule has 0 aliphatic carbocycles. The average Bonchev–Trinajstić information content (AvgIpc) is 2.92. The fraction of sp³-hybridized carbons (Fsp3) is 0.500. The van der Waals surface area contributed by atoms with Crippen LogP contribution in [0.25, 0.3) is 0 Å². The number of amides is 1. The molecule has 1 aromatic carbocycles. The van der Waals surface area contributed by atoms with Gasteiger partial charge < -0.3 is 10.6 Å². The summed E-state index contributed by atoms with van der Waals surface area (Å²) < 4.78 is 25.9. The molecule has 3 nitrogen and oxygen atoms in total. The molecule has 2 atom stereocenters. The second kappa shape index (κ2) is 6.10. The minimum absolute atomic E-state index is 0.0214. The van der Waals surface area contributed by atoms with Crippen LogP contribution in [-0.2, 0) is 4.79 Å². The van der Waals surface area contributed by atoms with E-state index in [2.05, 4.69) is 10.6 Å². The van der Waals surface area contributed by atoms with Gasteiger partial charge in [-0.25, -0.2) is 8.78 Å². The number of benzene rings is 1. The van der Waals surface area contributed by atoms with Crippen molar-refractivity contribution >= 4 is 5.91 Å². The molecule has 1 aliphatic rings. The third-order valence-electron chi connectivity index (χ3n) is 3.47. The van der Waals surface area contributed by atoms with Crippen molar-refractivity contribution in [1.82, 2.24) is 10.6 Å². The van der Waals surface area contributed by atoms with Crippen LogP contribution in [0.4, 0.5) is 8.78 Å². The SMILES string of the molecule is C[C@@H](CNC(=O)[C@H]1CCCN1)c1ccc(F)c(F)c1. The van der Waals surface area contributed by atoms with Gasteiger partial charge in [0, 0.05) is 6.54 Å². The molecule has 1 saturated heterocycles. The van der Waals surface area contributed by atoms with Gasteiger partial charge in [-0.3, -0.25) is 4.79 Å². The van der Waals surface area contributed by atoms with Crippen molar-refractivity contribution in [3.63, 3.8) is 0 Å². The highest BCUT2D eigenvalue weighted by atomic mass is 19.2. The van der Waals surface area contributed by atoms with Gasteiger partial charge in [0.15, 0.2) is 11.6 Å². The average molecular weight is 268 g/mol. The monoisotopic (exact) mass is 268 g/mol. The van der Waals surface area contributed by atoms with Crippen LogP contribution in [0.15, 0.2) is 18.2 Å². The summed E-state index contributed by atoms with van der Waals surface area (Å²) >= 11 is 0. The molecule has 0 unspecified atom stereocenters. The van der Waals surface area contributed by atoms with Crippen LogP contribution in [0.1, 0.15) is 31.2 Å². The smallest absolute Gasteiger partial charge is 0.237 e. The van der Waals surface area contributed by atoms with E-state index in [9.17, 15) is 13.6 Å². The number of rotatable bonds is 4. The van der Waals surface area contributed by atoms with Crippen molar-refractivity contribution in [2.75, 3.05) is 13.1 Å². The predicted molar refractivity (Wildman–Crippen MR) is 68.8 cm³/mol. The molecule has 0 saturated carbocycles. The maximum atomic E-state index is 13.1. The second-order valence-electron chi connectivity index (χ2n) is 4.97.